The Kier molecular flexibility index (Phi) is 5.38. The maximum atomic E-state index is 12.7. The van der Waals surface area contributed by atoms with Gasteiger partial charge in [0, 0.05) is 12.1 Å². The SMILES string of the molecule is CC(=CC(=O)NC(C)Cn1cncn1)c1cccc(C(F)(F)F)c1. The number of rotatable bonds is 5. The fraction of sp³-hybridized carbons (Fsp3) is 0.312. The lowest BCUT2D eigenvalue weighted by Gasteiger charge is -2.13. The van der Waals surface area contributed by atoms with E-state index in [1.165, 1.54) is 30.9 Å². The van der Waals surface area contributed by atoms with Gasteiger partial charge in [0.05, 0.1) is 12.1 Å². The van der Waals surface area contributed by atoms with Crippen molar-refractivity contribution in [3.63, 3.8) is 0 Å². The van der Waals surface area contributed by atoms with E-state index in [1.54, 1.807) is 18.5 Å². The molecule has 1 atom stereocenters. The highest BCUT2D eigenvalue weighted by molar-refractivity contribution is 5.95. The number of carbonyl (C=O) groups is 1. The first kappa shape index (κ1) is 17.7. The average molecular weight is 338 g/mol. The van der Waals surface area contributed by atoms with E-state index in [-0.39, 0.29) is 11.9 Å². The molecular weight excluding hydrogens is 321 g/mol. The van der Waals surface area contributed by atoms with Crippen molar-refractivity contribution in [1.29, 1.82) is 0 Å². The summed E-state index contributed by atoms with van der Waals surface area (Å²) >= 11 is 0. The minimum absolute atomic E-state index is 0.204. The van der Waals surface area contributed by atoms with Gasteiger partial charge < -0.3 is 5.32 Å². The van der Waals surface area contributed by atoms with Crippen molar-refractivity contribution < 1.29 is 18.0 Å². The van der Waals surface area contributed by atoms with Gasteiger partial charge in [-0.3, -0.25) is 9.48 Å². The molecule has 0 saturated carbocycles. The lowest BCUT2D eigenvalue weighted by atomic mass is 10.0. The summed E-state index contributed by atoms with van der Waals surface area (Å²) in [6.45, 7) is 3.84. The molecule has 0 aliphatic carbocycles. The second-order valence-corrected chi connectivity index (χ2v) is 5.43. The summed E-state index contributed by atoms with van der Waals surface area (Å²) in [7, 11) is 0. The van der Waals surface area contributed by atoms with Gasteiger partial charge in [0.1, 0.15) is 12.7 Å². The molecule has 5 nitrogen and oxygen atoms in total. The standard InChI is InChI=1S/C16H17F3N4O/c1-11(13-4-3-5-14(7-13)16(17,18)19)6-15(24)22-12(2)8-23-10-20-9-21-23/h3-7,9-10,12H,8H2,1-2H3,(H,22,24). The molecule has 1 unspecified atom stereocenters. The van der Waals surface area contributed by atoms with Gasteiger partial charge in [-0.2, -0.15) is 18.3 Å². The van der Waals surface area contributed by atoms with Crippen LogP contribution >= 0.6 is 0 Å². The number of nitrogens with zero attached hydrogens (tertiary/aromatic N) is 3. The molecule has 1 N–H and O–H groups in total. The molecular formula is C16H17F3N4O. The third-order valence-corrected chi connectivity index (χ3v) is 3.31. The monoisotopic (exact) mass is 338 g/mol. The molecule has 2 rings (SSSR count). The lowest BCUT2D eigenvalue weighted by molar-refractivity contribution is -0.137. The summed E-state index contributed by atoms with van der Waals surface area (Å²) in [6.07, 6.45) is -0.198. The molecule has 24 heavy (non-hydrogen) atoms. The zero-order valence-electron chi connectivity index (χ0n) is 13.2. The van der Waals surface area contributed by atoms with E-state index in [0.29, 0.717) is 17.7 Å². The normalized spacial score (nSPS) is 13.6. The van der Waals surface area contributed by atoms with Gasteiger partial charge >= 0.3 is 6.18 Å². The van der Waals surface area contributed by atoms with Gasteiger partial charge in [-0.25, -0.2) is 4.98 Å². The smallest absolute Gasteiger partial charge is 0.348 e. The molecule has 0 radical (unpaired) electrons. The van der Waals surface area contributed by atoms with Crippen molar-refractivity contribution in [1.82, 2.24) is 20.1 Å². The highest BCUT2D eigenvalue weighted by atomic mass is 19.4. The lowest BCUT2D eigenvalue weighted by Crippen LogP contribution is -2.34. The van der Waals surface area contributed by atoms with Crippen LogP contribution < -0.4 is 5.32 Å². The molecule has 1 aromatic heterocycles. The highest BCUT2D eigenvalue weighted by Crippen LogP contribution is 2.30. The number of nitrogens with one attached hydrogen (secondary N) is 1. The van der Waals surface area contributed by atoms with Gasteiger partial charge in [-0.05, 0) is 37.1 Å². The Labute approximate surface area is 137 Å². The predicted octanol–water partition coefficient (Wildman–Crippen LogP) is 2.91. The van der Waals surface area contributed by atoms with E-state index in [9.17, 15) is 18.0 Å². The fourth-order valence-electron chi connectivity index (χ4n) is 2.16. The molecule has 2 aromatic rings. The summed E-state index contributed by atoms with van der Waals surface area (Å²) < 4.78 is 39.8. The number of carbonyl (C=O) groups excluding carboxylic acids is 1. The van der Waals surface area contributed by atoms with Crippen LogP contribution in [0.25, 0.3) is 5.57 Å². The number of aromatic nitrogens is 3. The van der Waals surface area contributed by atoms with Gasteiger partial charge in [-0.15, -0.1) is 0 Å². The first-order valence-corrected chi connectivity index (χ1v) is 7.24. The predicted molar refractivity (Wildman–Crippen MR) is 82.7 cm³/mol. The summed E-state index contributed by atoms with van der Waals surface area (Å²) in [5, 5.41) is 6.67. The van der Waals surface area contributed by atoms with Crippen LogP contribution in [0.4, 0.5) is 13.2 Å². The third kappa shape index (κ3) is 4.94. The van der Waals surface area contributed by atoms with Crippen molar-refractivity contribution in [2.75, 3.05) is 0 Å². The van der Waals surface area contributed by atoms with Gasteiger partial charge in [0.25, 0.3) is 0 Å². The third-order valence-electron chi connectivity index (χ3n) is 3.31. The Morgan fingerprint density at radius 3 is 2.79 bits per heavy atom. The number of benzene rings is 1. The quantitative estimate of drug-likeness (QED) is 0.853. The van der Waals surface area contributed by atoms with Crippen molar-refractivity contribution in [2.45, 2.75) is 32.6 Å². The Morgan fingerprint density at radius 2 is 2.17 bits per heavy atom. The van der Waals surface area contributed by atoms with E-state index >= 15 is 0 Å². The van der Waals surface area contributed by atoms with E-state index < -0.39 is 11.7 Å². The van der Waals surface area contributed by atoms with Crippen LogP contribution in [0.5, 0.6) is 0 Å². The Bertz CT molecular complexity index is 723. The number of halogens is 3. The molecule has 8 heteroatoms. The van der Waals surface area contributed by atoms with Crippen LogP contribution in [-0.2, 0) is 17.5 Å². The first-order chi connectivity index (χ1) is 11.3. The minimum atomic E-state index is -4.41. The van der Waals surface area contributed by atoms with Crippen LogP contribution in [-0.4, -0.2) is 26.7 Å². The molecule has 1 aromatic carbocycles. The van der Waals surface area contributed by atoms with E-state index in [2.05, 4.69) is 15.4 Å². The zero-order chi connectivity index (χ0) is 17.7. The topological polar surface area (TPSA) is 59.8 Å². The second kappa shape index (κ2) is 7.29. The maximum Gasteiger partial charge on any atom is 0.416 e. The van der Waals surface area contributed by atoms with Gasteiger partial charge in [-0.1, -0.05) is 12.1 Å². The highest BCUT2D eigenvalue weighted by Gasteiger charge is 2.30. The molecule has 1 heterocycles. The van der Waals surface area contributed by atoms with Crippen LogP contribution in [0.1, 0.15) is 25.0 Å². The van der Waals surface area contributed by atoms with Crippen molar-refractivity contribution >= 4 is 11.5 Å². The number of hydrogen-bond donors (Lipinski definition) is 1. The maximum absolute atomic E-state index is 12.7. The summed E-state index contributed by atoms with van der Waals surface area (Å²) in [5.41, 5.74) is 0.0585. The van der Waals surface area contributed by atoms with Crippen molar-refractivity contribution in [3.8, 4) is 0 Å². The Morgan fingerprint density at radius 1 is 1.42 bits per heavy atom. The van der Waals surface area contributed by atoms with Crippen LogP contribution in [0.15, 0.2) is 43.0 Å². The second-order valence-electron chi connectivity index (χ2n) is 5.43. The number of allylic oxidation sites excluding steroid dienone is 1. The molecule has 0 bridgehead atoms. The van der Waals surface area contributed by atoms with E-state index in [1.807, 2.05) is 0 Å². The van der Waals surface area contributed by atoms with Crippen molar-refractivity contribution in [2.24, 2.45) is 0 Å². The molecule has 1 amide bonds. The molecule has 0 spiro atoms. The van der Waals surface area contributed by atoms with E-state index in [4.69, 9.17) is 0 Å². The van der Waals surface area contributed by atoms with Crippen LogP contribution in [0.2, 0.25) is 0 Å². The van der Waals surface area contributed by atoms with Crippen LogP contribution in [0, 0.1) is 0 Å². The first-order valence-electron chi connectivity index (χ1n) is 7.24. The molecule has 0 fully saturated rings. The Balaban J connectivity index is 2.03. The average Bonchev–Trinajstić information content (AvgIpc) is 2.99. The van der Waals surface area contributed by atoms with Crippen molar-refractivity contribution in [3.05, 3.63) is 54.1 Å². The summed E-state index contributed by atoms with van der Waals surface area (Å²) in [6, 6.07) is 4.67. The fourth-order valence-corrected chi connectivity index (χ4v) is 2.16. The summed E-state index contributed by atoms with van der Waals surface area (Å²) in [5.74, 6) is -0.377. The molecule has 128 valence electrons. The number of amides is 1. The largest absolute Gasteiger partial charge is 0.416 e. The minimum Gasteiger partial charge on any atom is -0.348 e. The molecule has 0 aliphatic rings. The molecule has 0 saturated heterocycles. The van der Waals surface area contributed by atoms with Crippen LogP contribution in [0.3, 0.4) is 0 Å². The van der Waals surface area contributed by atoms with Gasteiger partial charge in [0.2, 0.25) is 5.91 Å². The summed E-state index contributed by atoms with van der Waals surface area (Å²) in [4.78, 5) is 15.8. The molecule has 0 aliphatic heterocycles. The van der Waals surface area contributed by atoms with E-state index in [0.717, 1.165) is 12.1 Å². The number of hydrogen-bond acceptors (Lipinski definition) is 3. The zero-order valence-corrected chi connectivity index (χ0v) is 13.2. The van der Waals surface area contributed by atoms with Gasteiger partial charge in [0.15, 0.2) is 0 Å². The number of alkyl halides is 3. The Hall–Kier alpha value is -2.64.